The summed E-state index contributed by atoms with van der Waals surface area (Å²) in [5, 5.41) is 15.9. The number of nitrogens with one attached hydrogen (secondary N) is 1. The van der Waals surface area contributed by atoms with Gasteiger partial charge in [-0.25, -0.2) is 9.78 Å². The van der Waals surface area contributed by atoms with Crippen molar-refractivity contribution in [2.45, 2.75) is 0 Å². The third-order valence-electron chi connectivity index (χ3n) is 2.98. The van der Waals surface area contributed by atoms with Crippen LogP contribution in [-0.2, 0) is 4.74 Å². The molecule has 3 rings (SSSR count). The number of aromatic carboxylic acids is 1. The normalized spacial score (nSPS) is 16.1. The molecule has 94 valence electrons. The van der Waals surface area contributed by atoms with E-state index in [1.165, 1.54) is 0 Å². The summed E-state index contributed by atoms with van der Waals surface area (Å²) in [6.45, 7) is 2.92. The number of hydrogen-bond acceptors (Lipinski definition) is 5. The van der Waals surface area contributed by atoms with E-state index >= 15 is 0 Å². The zero-order valence-corrected chi connectivity index (χ0v) is 9.59. The molecule has 0 spiro atoms. The van der Waals surface area contributed by atoms with Crippen LogP contribution in [0.3, 0.4) is 0 Å². The fourth-order valence-corrected chi connectivity index (χ4v) is 2.05. The number of aromatic nitrogens is 3. The van der Waals surface area contributed by atoms with Crippen molar-refractivity contribution in [3.8, 4) is 0 Å². The molecule has 1 saturated heterocycles. The fourth-order valence-electron chi connectivity index (χ4n) is 2.05. The van der Waals surface area contributed by atoms with E-state index in [0.717, 1.165) is 18.8 Å². The van der Waals surface area contributed by atoms with Crippen LogP contribution in [-0.4, -0.2) is 52.6 Å². The highest BCUT2D eigenvalue weighted by Gasteiger charge is 2.17. The van der Waals surface area contributed by atoms with E-state index < -0.39 is 5.97 Å². The molecule has 18 heavy (non-hydrogen) atoms. The maximum absolute atomic E-state index is 11.0. The molecule has 2 N–H and O–H groups in total. The van der Waals surface area contributed by atoms with Gasteiger partial charge >= 0.3 is 5.97 Å². The van der Waals surface area contributed by atoms with Gasteiger partial charge in [0, 0.05) is 13.1 Å². The highest BCUT2D eigenvalue weighted by Crippen LogP contribution is 2.22. The van der Waals surface area contributed by atoms with Crippen LogP contribution in [0.15, 0.2) is 12.3 Å². The van der Waals surface area contributed by atoms with E-state index in [1.807, 2.05) is 0 Å². The molecule has 0 amide bonds. The largest absolute Gasteiger partial charge is 0.476 e. The van der Waals surface area contributed by atoms with Crippen LogP contribution in [0.5, 0.6) is 0 Å². The summed E-state index contributed by atoms with van der Waals surface area (Å²) in [6.07, 6.45) is 1.72. The monoisotopic (exact) mass is 248 g/mol. The number of aromatic amines is 1. The summed E-state index contributed by atoms with van der Waals surface area (Å²) in [4.78, 5) is 17.3. The first-order valence-electron chi connectivity index (χ1n) is 5.66. The summed E-state index contributed by atoms with van der Waals surface area (Å²) in [5.74, 6) is -1.05. The lowest BCUT2D eigenvalue weighted by atomic mass is 10.2. The number of carboxylic acids is 1. The Balaban J connectivity index is 2.03. The summed E-state index contributed by atoms with van der Waals surface area (Å²) < 4.78 is 5.28. The Morgan fingerprint density at radius 2 is 2.22 bits per heavy atom. The molecule has 0 aliphatic carbocycles. The number of fused-ring (bicyclic) bond motifs is 1. The average Bonchev–Trinajstić information content (AvgIpc) is 2.82. The van der Waals surface area contributed by atoms with Gasteiger partial charge in [0.2, 0.25) is 0 Å². The minimum atomic E-state index is -1.05. The number of rotatable bonds is 2. The van der Waals surface area contributed by atoms with Crippen LogP contribution in [0.2, 0.25) is 0 Å². The van der Waals surface area contributed by atoms with Crippen LogP contribution in [0.25, 0.3) is 11.0 Å². The minimum absolute atomic E-state index is 0.00705. The summed E-state index contributed by atoms with van der Waals surface area (Å²) >= 11 is 0. The lowest BCUT2D eigenvalue weighted by Gasteiger charge is -2.28. The molecule has 1 aliphatic heterocycles. The van der Waals surface area contributed by atoms with E-state index in [0.29, 0.717) is 24.2 Å². The van der Waals surface area contributed by atoms with Gasteiger partial charge in [-0.1, -0.05) is 0 Å². The Morgan fingerprint density at radius 3 is 2.94 bits per heavy atom. The third-order valence-corrected chi connectivity index (χ3v) is 2.98. The zero-order chi connectivity index (χ0) is 12.5. The predicted molar refractivity (Wildman–Crippen MR) is 63.9 cm³/mol. The number of anilines is 1. The molecule has 1 aliphatic rings. The van der Waals surface area contributed by atoms with Crippen molar-refractivity contribution in [1.29, 1.82) is 0 Å². The van der Waals surface area contributed by atoms with Crippen LogP contribution < -0.4 is 4.90 Å². The second-order valence-corrected chi connectivity index (χ2v) is 4.07. The van der Waals surface area contributed by atoms with Gasteiger partial charge in [0.05, 0.1) is 30.5 Å². The number of ether oxygens (including phenoxy) is 1. The number of carboxylic acid groups (broad SMARTS) is 1. The highest BCUT2D eigenvalue weighted by atomic mass is 16.5. The molecule has 2 aromatic rings. The predicted octanol–water partition coefficient (Wildman–Crippen LogP) is 0.493. The molecule has 0 aromatic carbocycles. The lowest BCUT2D eigenvalue weighted by Crippen LogP contribution is -2.36. The van der Waals surface area contributed by atoms with Gasteiger partial charge in [0.25, 0.3) is 0 Å². The Morgan fingerprint density at radius 1 is 1.44 bits per heavy atom. The highest BCUT2D eigenvalue weighted by molar-refractivity contribution is 6.00. The molecule has 7 heteroatoms. The van der Waals surface area contributed by atoms with E-state index in [-0.39, 0.29) is 5.69 Å². The van der Waals surface area contributed by atoms with Gasteiger partial charge in [-0.2, -0.15) is 5.10 Å². The maximum atomic E-state index is 11.0. The van der Waals surface area contributed by atoms with Crippen LogP contribution in [0.1, 0.15) is 10.5 Å². The minimum Gasteiger partial charge on any atom is -0.476 e. The topological polar surface area (TPSA) is 91.3 Å². The van der Waals surface area contributed by atoms with Gasteiger partial charge in [0.15, 0.2) is 11.3 Å². The molecule has 7 nitrogen and oxygen atoms in total. The maximum Gasteiger partial charge on any atom is 0.357 e. The molecular weight excluding hydrogens is 236 g/mol. The molecule has 0 unspecified atom stereocenters. The van der Waals surface area contributed by atoms with Gasteiger partial charge in [-0.05, 0) is 6.07 Å². The Kier molecular flexibility index (Phi) is 2.60. The van der Waals surface area contributed by atoms with Crippen molar-refractivity contribution in [1.82, 2.24) is 15.2 Å². The zero-order valence-electron chi connectivity index (χ0n) is 9.59. The molecular formula is C11H12N4O3. The summed E-state index contributed by atoms with van der Waals surface area (Å²) in [5.41, 5.74) is 1.40. The first-order valence-corrected chi connectivity index (χ1v) is 5.66. The Labute approximate surface area is 102 Å². The average molecular weight is 248 g/mol. The fraction of sp³-hybridized carbons (Fsp3) is 0.364. The number of hydrogen-bond donors (Lipinski definition) is 2. The van der Waals surface area contributed by atoms with E-state index in [4.69, 9.17) is 9.84 Å². The van der Waals surface area contributed by atoms with Gasteiger partial charge in [0.1, 0.15) is 0 Å². The number of pyridine rings is 1. The van der Waals surface area contributed by atoms with Crippen LogP contribution in [0, 0.1) is 0 Å². The van der Waals surface area contributed by atoms with Gasteiger partial charge < -0.3 is 14.7 Å². The standard InChI is InChI=1S/C11H12N4O3/c16-11(17)9-8-5-7(6-12-10(8)14-13-9)15-1-3-18-4-2-15/h5-6H,1-4H2,(H,16,17)(H,12,13,14). The summed E-state index contributed by atoms with van der Waals surface area (Å²) in [6, 6.07) is 1.81. The first-order chi connectivity index (χ1) is 8.75. The van der Waals surface area contributed by atoms with Crippen molar-refractivity contribution >= 4 is 22.7 Å². The quantitative estimate of drug-likeness (QED) is 0.803. The smallest absolute Gasteiger partial charge is 0.357 e. The Bertz CT molecular complexity index is 589. The number of morpholine rings is 1. The lowest BCUT2D eigenvalue weighted by molar-refractivity contribution is 0.0692. The van der Waals surface area contributed by atoms with Crippen molar-refractivity contribution in [2.24, 2.45) is 0 Å². The Hall–Kier alpha value is -2.15. The number of carbonyl (C=O) groups is 1. The SMILES string of the molecule is O=C(O)c1n[nH]c2ncc(N3CCOCC3)cc12. The molecule has 0 atom stereocenters. The van der Waals surface area contributed by atoms with Gasteiger partial charge in [-0.15, -0.1) is 0 Å². The number of nitrogens with zero attached hydrogens (tertiary/aromatic N) is 3. The molecule has 0 bridgehead atoms. The van der Waals surface area contributed by atoms with Crippen molar-refractivity contribution < 1.29 is 14.6 Å². The molecule has 3 heterocycles. The van der Waals surface area contributed by atoms with E-state index in [1.54, 1.807) is 12.3 Å². The van der Waals surface area contributed by atoms with E-state index in [9.17, 15) is 4.79 Å². The molecule has 0 saturated carbocycles. The van der Waals surface area contributed by atoms with Crippen molar-refractivity contribution in [3.05, 3.63) is 18.0 Å². The molecule has 2 aromatic heterocycles. The third kappa shape index (κ3) is 1.78. The van der Waals surface area contributed by atoms with Crippen LogP contribution >= 0.6 is 0 Å². The van der Waals surface area contributed by atoms with Crippen LogP contribution in [0.4, 0.5) is 5.69 Å². The second-order valence-electron chi connectivity index (χ2n) is 4.07. The van der Waals surface area contributed by atoms with Gasteiger partial charge in [-0.3, -0.25) is 5.10 Å². The summed E-state index contributed by atoms with van der Waals surface area (Å²) in [7, 11) is 0. The molecule has 1 fully saturated rings. The second kappa shape index (κ2) is 4.26. The first kappa shape index (κ1) is 11.0. The number of H-pyrrole nitrogens is 1. The van der Waals surface area contributed by atoms with Crippen molar-refractivity contribution in [3.63, 3.8) is 0 Å². The van der Waals surface area contributed by atoms with Crippen molar-refractivity contribution in [2.75, 3.05) is 31.2 Å². The molecule has 0 radical (unpaired) electrons. The van der Waals surface area contributed by atoms with E-state index in [2.05, 4.69) is 20.1 Å².